The van der Waals surface area contributed by atoms with E-state index in [1.54, 1.807) is 4.90 Å². The normalized spacial score (nSPS) is 32.8. The second kappa shape index (κ2) is 8.47. The minimum atomic E-state index is -4.50. The highest BCUT2D eigenvalue weighted by Gasteiger charge is 2.56. The second-order valence-electron chi connectivity index (χ2n) is 10.5. The summed E-state index contributed by atoms with van der Waals surface area (Å²) in [6.45, 7) is 0.879. The van der Waals surface area contributed by atoms with Crippen LogP contribution >= 0.6 is 0 Å². The number of likely N-dealkylation sites (tertiary alicyclic amines) is 1. The van der Waals surface area contributed by atoms with Crippen LogP contribution in [0, 0.1) is 23.2 Å². The molecule has 4 bridgehead atoms. The summed E-state index contributed by atoms with van der Waals surface area (Å²) in [5.74, 6) is 1.68. The molecule has 4 aliphatic carbocycles. The fourth-order valence-corrected chi connectivity index (χ4v) is 7.22. The van der Waals surface area contributed by atoms with E-state index in [9.17, 15) is 22.8 Å². The molecule has 4 saturated carbocycles. The van der Waals surface area contributed by atoms with Gasteiger partial charge in [-0.15, -0.1) is 0 Å². The Hall–Kier alpha value is -2.32. The van der Waals surface area contributed by atoms with Gasteiger partial charge in [-0.05, 0) is 81.3 Å². The zero-order valence-electron chi connectivity index (χ0n) is 18.7. The number of hydrogen-bond donors (Lipinski definition) is 2. The first-order valence-corrected chi connectivity index (χ1v) is 12.1. The number of carbonyl (C=O) groups is 2. The summed E-state index contributed by atoms with van der Waals surface area (Å²) >= 11 is 0. The van der Waals surface area contributed by atoms with Crippen molar-refractivity contribution in [2.24, 2.45) is 23.2 Å². The summed E-state index contributed by atoms with van der Waals surface area (Å²) in [5.41, 5.74) is -1.11. The highest BCUT2D eigenvalue weighted by molar-refractivity contribution is 5.91. The molecule has 1 saturated heterocycles. The standard InChI is InChI=1S/C24H31F3N4O2/c25-24(26,27)18-3-1-5-28-20(18)29-6-7-30-21(32)19-4-2-8-31(19)22(33)23-12-15-9-16(13-23)11-17(10-15)14-23/h1,3,5,15-17,19H,2,4,6-14H2,(H,28,29)(H,30,32). The van der Waals surface area contributed by atoms with Crippen LogP contribution < -0.4 is 10.6 Å². The average molecular weight is 465 g/mol. The number of amides is 2. The minimum Gasteiger partial charge on any atom is -0.368 e. The lowest BCUT2D eigenvalue weighted by atomic mass is 9.49. The first-order chi connectivity index (χ1) is 15.7. The minimum absolute atomic E-state index is 0.113. The van der Waals surface area contributed by atoms with Crippen LogP contribution in [-0.2, 0) is 15.8 Å². The Labute approximate surface area is 191 Å². The third-order valence-corrected chi connectivity index (χ3v) is 8.14. The molecule has 2 heterocycles. The summed E-state index contributed by atoms with van der Waals surface area (Å²) in [6, 6.07) is 1.73. The monoisotopic (exact) mass is 464 g/mol. The van der Waals surface area contributed by atoms with E-state index in [-0.39, 0.29) is 36.1 Å². The van der Waals surface area contributed by atoms with E-state index in [0.717, 1.165) is 31.7 Å². The molecule has 1 aliphatic heterocycles. The van der Waals surface area contributed by atoms with Crippen molar-refractivity contribution in [2.75, 3.05) is 25.0 Å². The molecule has 1 atom stereocenters. The Morgan fingerprint density at radius 2 is 1.76 bits per heavy atom. The maximum absolute atomic E-state index is 13.7. The van der Waals surface area contributed by atoms with Gasteiger partial charge in [0, 0.05) is 25.8 Å². The van der Waals surface area contributed by atoms with Crippen LogP contribution in [0.5, 0.6) is 0 Å². The number of alkyl halides is 3. The first kappa shape index (κ1) is 22.5. The smallest absolute Gasteiger partial charge is 0.368 e. The number of aromatic nitrogens is 1. The predicted octanol–water partition coefficient (Wildman–Crippen LogP) is 3.84. The van der Waals surface area contributed by atoms with Crippen molar-refractivity contribution in [1.29, 1.82) is 0 Å². The molecule has 33 heavy (non-hydrogen) atoms. The molecule has 6 nitrogen and oxygen atoms in total. The molecule has 1 aromatic heterocycles. The molecule has 0 radical (unpaired) electrons. The van der Waals surface area contributed by atoms with Gasteiger partial charge in [-0.25, -0.2) is 4.98 Å². The van der Waals surface area contributed by atoms with Crippen molar-refractivity contribution >= 4 is 17.6 Å². The van der Waals surface area contributed by atoms with Gasteiger partial charge in [-0.3, -0.25) is 9.59 Å². The number of anilines is 1. The number of nitrogens with zero attached hydrogens (tertiary/aromatic N) is 2. The number of halogens is 3. The lowest BCUT2D eigenvalue weighted by Crippen LogP contribution is -2.57. The van der Waals surface area contributed by atoms with Gasteiger partial charge in [0.1, 0.15) is 11.9 Å². The molecule has 0 spiro atoms. The van der Waals surface area contributed by atoms with Gasteiger partial charge in [-0.1, -0.05) is 0 Å². The molecule has 0 aromatic carbocycles. The number of carbonyl (C=O) groups excluding carboxylic acids is 2. The summed E-state index contributed by atoms with van der Waals surface area (Å²) in [7, 11) is 0. The van der Waals surface area contributed by atoms with E-state index in [1.165, 1.54) is 31.5 Å². The van der Waals surface area contributed by atoms with Gasteiger partial charge in [0.05, 0.1) is 11.0 Å². The predicted molar refractivity (Wildman–Crippen MR) is 116 cm³/mol. The highest BCUT2D eigenvalue weighted by Crippen LogP contribution is 2.60. The maximum Gasteiger partial charge on any atom is 0.419 e. The molecule has 6 rings (SSSR count). The molecule has 1 aromatic rings. The van der Waals surface area contributed by atoms with Crippen molar-refractivity contribution in [1.82, 2.24) is 15.2 Å². The van der Waals surface area contributed by atoms with Crippen LogP contribution in [0.2, 0.25) is 0 Å². The van der Waals surface area contributed by atoms with E-state index >= 15 is 0 Å². The van der Waals surface area contributed by atoms with Crippen molar-refractivity contribution in [3.05, 3.63) is 23.9 Å². The third kappa shape index (κ3) is 4.30. The summed E-state index contributed by atoms with van der Waals surface area (Å²) in [4.78, 5) is 32.1. The Kier molecular flexibility index (Phi) is 5.77. The molecule has 5 fully saturated rings. The van der Waals surface area contributed by atoms with Gasteiger partial charge in [0.15, 0.2) is 0 Å². The Bertz CT molecular complexity index is 884. The van der Waals surface area contributed by atoms with Crippen LogP contribution in [0.4, 0.5) is 19.0 Å². The van der Waals surface area contributed by atoms with E-state index in [2.05, 4.69) is 15.6 Å². The van der Waals surface area contributed by atoms with Gasteiger partial charge < -0.3 is 15.5 Å². The molecule has 2 amide bonds. The molecular formula is C24H31F3N4O2. The van der Waals surface area contributed by atoms with Gasteiger partial charge >= 0.3 is 6.18 Å². The lowest BCUT2D eigenvalue weighted by molar-refractivity contribution is -0.160. The summed E-state index contributed by atoms with van der Waals surface area (Å²) in [6.07, 6.45) is 4.92. The van der Waals surface area contributed by atoms with E-state index in [1.807, 2.05) is 0 Å². The van der Waals surface area contributed by atoms with E-state index in [0.29, 0.717) is 30.7 Å². The second-order valence-corrected chi connectivity index (χ2v) is 10.5. The Morgan fingerprint density at radius 1 is 1.09 bits per heavy atom. The molecular weight excluding hydrogens is 433 g/mol. The summed E-state index contributed by atoms with van der Waals surface area (Å²) in [5, 5.41) is 5.47. The number of pyridine rings is 1. The number of nitrogens with one attached hydrogen (secondary N) is 2. The molecule has 5 aliphatic rings. The molecule has 9 heteroatoms. The summed E-state index contributed by atoms with van der Waals surface area (Å²) < 4.78 is 39.3. The van der Waals surface area contributed by atoms with Gasteiger partial charge in [0.25, 0.3) is 0 Å². The van der Waals surface area contributed by atoms with Gasteiger partial charge in [0.2, 0.25) is 11.8 Å². The molecule has 1 unspecified atom stereocenters. The van der Waals surface area contributed by atoms with E-state index in [4.69, 9.17) is 0 Å². The average Bonchev–Trinajstić information content (AvgIpc) is 3.24. The third-order valence-electron chi connectivity index (χ3n) is 8.14. The fourth-order valence-electron chi connectivity index (χ4n) is 7.22. The zero-order chi connectivity index (χ0) is 23.2. The van der Waals surface area contributed by atoms with E-state index < -0.39 is 17.8 Å². The van der Waals surface area contributed by atoms with Crippen LogP contribution in [-0.4, -0.2) is 47.4 Å². The van der Waals surface area contributed by atoms with Crippen LogP contribution in [0.3, 0.4) is 0 Å². The van der Waals surface area contributed by atoms with Crippen LogP contribution in [0.15, 0.2) is 18.3 Å². The Balaban J connectivity index is 1.17. The lowest BCUT2D eigenvalue weighted by Gasteiger charge is -2.56. The van der Waals surface area contributed by atoms with Gasteiger partial charge in [-0.2, -0.15) is 13.2 Å². The largest absolute Gasteiger partial charge is 0.419 e. The SMILES string of the molecule is O=C(NCCNc1ncccc1C(F)(F)F)C1CCCN1C(=O)C12CC3CC(CC(C3)C1)C2. The first-order valence-electron chi connectivity index (χ1n) is 12.1. The fraction of sp³-hybridized carbons (Fsp3) is 0.708. The highest BCUT2D eigenvalue weighted by atomic mass is 19.4. The van der Waals surface area contributed by atoms with Crippen molar-refractivity contribution < 1.29 is 22.8 Å². The maximum atomic E-state index is 13.7. The quantitative estimate of drug-likeness (QED) is 0.628. The van der Waals surface area contributed by atoms with Crippen LogP contribution in [0.25, 0.3) is 0 Å². The number of hydrogen-bond acceptors (Lipinski definition) is 4. The number of rotatable bonds is 6. The molecule has 2 N–H and O–H groups in total. The molecule has 180 valence electrons. The van der Waals surface area contributed by atoms with Crippen molar-refractivity contribution in [2.45, 2.75) is 63.6 Å². The van der Waals surface area contributed by atoms with Crippen molar-refractivity contribution in [3.8, 4) is 0 Å². The zero-order valence-corrected chi connectivity index (χ0v) is 18.7. The topological polar surface area (TPSA) is 74.3 Å². The van der Waals surface area contributed by atoms with Crippen molar-refractivity contribution in [3.63, 3.8) is 0 Å². The Morgan fingerprint density at radius 3 is 2.39 bits per heavy atom. The van der Waals surface area contributed by atoms with Crippen LogP contribution in [0.1, 0.15) is 56.9 Å².